The summed E-state index contributed by atoms with van der Waals surface area (Å²) in [6.07, 6.45) is 2.72. The number of anilines is 1. The summed E-state index contributed by atoms with van der Waals surface area (Å²) < 4.78 is 19.8. The maximum absolute atomic E-state index is 14.0. The van der Waals surface area contributed by atoms with E-state index in [-0.39, 0.29) is 17.1 Å². The van der Waals surface area contributed by atoms with Crippen LogP contribution in [0.25, 0.3) is 11.5 Å². The number of piperazine rings is 1. The third-order valence-corrected chi connectivity index (χ3v) is 4.89. The molecule has 0 N–H and O–H groups in total. The van der Waals surface area contributed by atoms with Gasteiger partial charge in [0.2, 0.25) is 17.5 Å². The monoisotopic (exact) mass is 377 g/mol. The Balaban J connectivity index is 1.42. The molecule has 0 unspecified atom stereocenters. The standard InChI is InChI=1S/C21H20FN5O/c22-18-7-2-1-6-17(18)20-25-19(15-23)21(28-20)27-13-11-26(12-14-27)10-8-16-5-3-4-9-24-16/h1-7,9H,8,10-14H2. The van der Waals surface area contributed by atoms with Gasteiger partial charge in [0.05, 0.1) is 5.56 Å². The molecule has 0 radical (unpaired) electrons. The fraction of sp³-hybridized carbons (Fsp3) is 0.286. The van der Waals surface area contributed by atoms with E-state index in [1.807, 2.05) is 29.3 Å². The SMILES string of the molecule is N#Cc1nc(-c2ccccc2F)oc1N1CCN(CCc2ccccn2)CC1. The molecule has 0 amide bonds. The van der Waals surface area contributed by atoms with Crippen molar-refractivity contribution in [3.05, 3.63) is 65.9 Å². The Kier molecular flexibility index (Phi) is 5.31. The molecule has 0 aliphatic carbocycles. The van der Waals surface area contributed by atoms with Crippen molar-refractivity contribution in [1.29, 1.82) is 5.26 Å². The molecule has 0 spiro atoms. The molecule has 7 heteroatoms. The van der Waals surface area contributed by atoms with Crippen LogP contribution >= 0.6 is 0 Å². The number of rotatable bonds is 5. The van der Waals surface area contributed by atoms with Crippen LogP contribution in [0.15, 0.2) is 53.1 Å². The number of pyridine rings is 1. The molecule has 3 aromatic rings. The van der Waals surface area contributed by atoms with Gasteiger partial charge in [0.25, 0.3) is 0 Å². The van der Waals surface area contributed by atoms with Crippen LogP contribution in [0, 0.1) is 17.1 Å². The minimum atomic E-state index is -0.417. The van der Waals surface area contributed by atoms with Crippen LogP contribution in [0.4, 0.5) is 10.3 Å². The smallest absolute Gasteiger partial charge is 0.235 e. The molecule has 0 atom stereocenters. The fourth-order valence-corrected chi connectivity index (χ4v) is 3.34. The number of benzene rings is 1. The number of hydrogen-bond acceptors (Lipinski definition) is 6. The van der Waals surface area contributed by atoms with Gasteiger partial charge in [-0.3, -0.25) is 9.88 Å². The molecular formula is C21H20FN5O. The van der Waals surface area contributed by atoms with Gasteiger partial charge in [0, 0.05) is 51.0 Å². The van der Waals surface area contributed by atoms with E-state index in [0.29, 0.717) is 5.88 Å². The summed E-state index contributed by atoms with van der Waals surface area (Å²) in [5, 5.41) is 9.43. The van der Waals surface area contributed by atoms with Crippen LogP contribution in [0.5, 0.6) is 0 Å². The van der Waals surface area contributed by atoms with E-state index in [1.165, 1.54) is 6.07 Å². The molecule has 1 aliphatic heterocycles. The first-order valence-electron chi connectivity index (χ1n) is 9.27. The highest BCUT2D eigenvalue weighted by molar-refractivity contribution is 5.60. The summed E-state index contributed by atoms with van der Waals surface area (Å²) in [5.41, 5.74) is 1.54. The second-order valence-electron chi connectivity index (χ2n) is 6.66. The Morgan fingerprint density at radius 2 is 1.86 bits per heavy atom. The largest absolute Gasteiger partial charge is 0.419 e. The highest BCUT2D eigenvalue weighted by Gasteiger charge is 2.25. The molecule has 3 heterocycles. The van der Waals surface area contributed by atoms with Gasteiger partial charge in [-0.15, -0.1) is 0 Å². The number of aromatic nitrogens is 2. The van der Waals surface area contributed by atoms with Crippen LogP contribution in [0.2, 0.25) is 0 Å². The molecule has 0 bridgehead atoms. The number of hydrogen-bond donors (Lipinski definition) is 0. The number of oxazole rings is 1. The van der Waals surface area contributed by atoms with Crippen LogP contribution < -0.4 is 4.90 Å². The normalized spacial score (nSPS) is 14.8. The zero-order valence-electron chi connectivity index (χ0n) is 15.4. The molecule has 1 aliphatic rings. The first kappa shape index (κ1) is 18.1. The van der Waals surface area contributed by atoms with Crippen molar-refractivity contribution in [2.75, 3.05) is 37.6 Å². The van der Waals surface area contributed by atoms with Gasteiger partial charge in [-0.1, -0.05) is 18.2 Å². The Morgan fingerprint density at radius 3 is 2.57 bits per heavy atom. The van der Waals surface area contributed by atoms with Crippen LogP contribution in [0.1, 0.15) is 11.4 Å². The molecule has 28 heavy (non-hydrogen) atoms. The number of nitriles is 1. The van der Waals surface area contributed by atoms with Gasteiger partial charge in [-0.25, -0.2) is 4.39 Å². The van der Waals surface area contributed by atoms with E-state index in [1.54, 1.807) is 18.2 Å². The molecule has 1 saturated heterocycles. The second kappa shape index (κ2) is 8.19. The molecule has 1 fully saturated rings. The lowest BCUT2D eigenvalue weighted by Crippen LogP contribution is -2.47. The zero-order valence-corrected chi connectivity index (χ0v) is 15.4. The highest BCUT2D eigenvalue weighted by Crippen LogP contribution is 2.30. The van der Waals surface area contributed by atoms with Crippen LogP contribution in [-0.2, 0) is 6.42 Å². The van der Waals surface area contributed by atoms with Crippen molar-refractivity contribution in [3.8, 4) is 17.5 Å². The predicted octanol–water partition coefficient (Wildman–Crippen LogP) is 3.11. The Labute approximate surface area is 162 Å². The highest BCUT2D eigenvalue weighted by atomic mass is 19.1. The fourth-order valence-electron chi connectivity index (χ4n) is 3.34. The Morgan fingerprint density at radius 1 is 1.07 bits per heavy atom. The van der Waals surface area contributed by atoms with Gasteiger partial charge in [0.1, 0.15) is 11.9 Å². The van der Waals surface area contributed by atoms with Gasteiger partial charge in [-0.05, 0) is 24.3 Å². The average Bonchev–Trinajstić information content (AvgIpc) is 3.18. The first-order chi connectivity index (χ1) is 13.7. The van der Waals surface area contributed by atoms with Crippen molar-refractivity contribution in [3.63, 3.8) is 0 Å². The zero-order chi connectivity index (χ0) is 19.3. The first-order valence-corrected chi connectivity index (χ1v) is 9.27. The van der Waals surface area contributed by atoms with Gasteiger partial charge >= 0.3 is 0 Å². The maximum atomic E-state index is 14.0. The van der Waals surface area contributed by atoms with Gasteiger partial charge in [-0.2, -0.15) is 10.2 Å². The molecule has 0 saturated carbocycles. The summed E-state index contributed by atoms with van der Waals surface area (Å²) in [6.45, 7) is 4.10. The van der Waals surface area contributed by atoms with E-state index in [2.05, 4.69) is 20.9 Å². The summed E-state index contributed by atoms with van der Waals surface area (Å²) in [4.78, 5) is 12.9. The minimum absolute atomic E-state index is 0.141. The second-order valence-corrected chi connectivity index (χ2v) is 6.66. The minimum Gasteiger partial charge on any atom is -0.419 e. The lowest BCUT2D eigenvalue weighted by molar-refractivity contribution is 0.256. The van der Waals surface area contributed by atoms with Gasteiger partial charge < -0.3 is 9.32 Å². The Bertz CT molecular complexity index is 974. The summed E-state index contributed by atoms with van der Waals surface area (Å²) in [5.74, 6) is 0.145. The van der Waals surface area contributed by atoms with Crippen LogP contribution in [-0.4, -0.2) is 47.6 Å². The number of halogens is 1. The summed E-state index contributed by atoms with van der Waals surface area (Å²) in [6, 6.07) is 14.3. The molecule has 142 valence electrons. The van der Waals surface area contributed by atoms with E-state index in [4.69, 9.17) is 4.42 Å². The Hall–Kier alpha value is -3.24. The van der Waals surface area contributed by atoms with Crippen molar-refractivity contribution in [2.24, 2.45) is 0 Å². The third-order valence-electron chi connectivity index (χ3n) is 4.89. The summed E-state index contributed by atoms with van der Waals surface area (Å²) >= 11 is 0. The van der Waals surface area contributed by atoms with Crippen LogP contribution in [0.3, 0.4) is 0 Å². The lowest BCUT2D eigenvalue weighted by Gasteiger charge is -2.34. The molecule has 2 aromatic heterocycles. The topological polar surface area (TPSA) is 69.2 Å². The quantitative estimate of drug-likeness (QED) is 0.681. The summed E-state index contributed by atoms with van der Waals surface area (Å²) in [7, 11) is 0. The van der Waals surface area contributed by atoms with Crippen molar-refractivity contribution < 1.29 is 8.81 Å². The number of nitrogens with zero attached hydrogens (tertiary/aromatic N) is 5. The van der Waals surface area contributed by atoms with Crippen molar-refractivity contribution in [2.45, 2.75) is 6.42 Å². The average molecular weight is 377 g/mol. The molecule has 6 nitrogen and oxygen atoms in total. The van der Waals surface area contributed by atoms with E-state index in [0.717, 1.165) is 44.8 Å². The van der Waals surface area contributed by atoms with E-state index >= 15 is 0 Å². The third kappa shape index (κ3) is 3.87. The molecular weight excluding hydrogens is 357 g/mol. The molecule has 4 rings (SSSR count). The lowest BCUT2D eigenvalue weighted by atomic mass is 10.2. The molecule has 1 aromatic carbocycles. The van der Waals surface area contributed by atoms with Gasteiger partial charge in [0.15, 0.2) is 0 Å². The maximum Gasteiger partial charge on any atom is 0.235 e. The predicted molar refractivity (Wildman–Crippen MR) is 103 cm³/mol. The van der Waals surface area contributed by atoms with E-state index < -0.39 is 5.82 Å². The van der Waals surface area contributed by atoms with Crippen molar-refractivity contribution >= 4 is 5.88 Å². The van der Waals surface area contributed by atoms with Crippen molar-refractivity contribution in [1.82, 2.24) is 14.9 Å². The van der Waals surface area contributed by atoms with E-state index in [9.17, 15) is 9.65 Å².